The second-order valence-corrected chi connectivity index (χ2v) is 3.64. The minimum absolute atomic E-state index is 0.0608. The average Bonchev–Trinajstić information content (AvgIpc) is 2.19. The van der Waals surface area contributed by atoms with Crippen LogP contribution < -0.4 is 5.73 Å². The van der Waals surface area contributed by atoms with Crippen LogP contribution in [0.25, 0.3) is 0 Å². The van der Waals surface area contributed by atoms with Crippen LogP contribution in [0.15, 0.2) is 12.1 Å². The number of esters is 1. The van der Waals surface area contributed by atoms with Crippen molar-refractivity contribution < 1.29 is 18.3 Å². The number of alkyl halides is 2. The van der Waals surface area contributed by atoms with Gasteiger partial charge in [0.25, 0.3) is 6.43 Å². The molecular formula is C9H7Cl2F2NO2. The molecule has 1 rings (SSSR count). The van der Waals surface area contributed by atoms with Crippen molar-refractivity contribution in [3.63, 3.8) is 0 Å². The van der Waals surface area contributed by atoms with Gasteiger partial charge in [-0.25, -0.2) is 13.6 Å². The van der Waals surface area contributed by atoms with E-state index in [2.05, 4.69) is 4.74 Å². The summed E-state index contributed by atoms with van der Waals surface area (Å²) in [7, 11) is 0. The minimum Gasteiger partial charge on any atom is -0.456 e. The maximum absolute atomic E-state index is 11.8. The van der Waals surface area contributed by atoms with Crippen LogP contribution >= 0.6 is 23.2 Å². The molecule has 0 bridgehead atoms. The Labute approximate surface area is 100 Å². The predicted molar refractivity (Wildman–Crippen MR) is 57.2 cm³/mol. The quantitative estimate of drug-likeness (QED) is 0.678. The molecule has 16 heavy (non-hydrogen) atoms. The zero-order chi connectivity index (χ0) is 12.3. The van der Waals surface area contributed by atoms with Crippen molar-refractivity contribution in [2.45, 2.75) is 6.43 Å². The molecule has 88 valence electrons. The third-order valence-corrected chi connectivity index (χ3v) is 2.41. The largest absolute Gasteiger partial charge is 0.456 e. The van der Waals surface area contributed by atoms with Gasteiger partial charge in [0.15, 0.2) is 6.61 Å². The van der Waals surface area contributed by atoms with Crippen LogP contribution in [0.2, 0.25) is 10.0 Å². The first-order valence-electron chi connectivity index (χ1n) is 4.11. The molecule has 0 aliphatic heterocycles. The Morgan fingerprint density at radius 3 is 2.62 bits per heavy atom. The first kappa shape index (κ1) is 13.0. The SMILES string of the molecule is Nc1cc(Cl)c(Cl)c(C(=O)OCC(F)F)c1. The number of carbonyl (C=O) groups excluding carboxylic acids is 1. The summed E-state index contributed by atoms with van der Waals surface area (Å²) in [6.07, 6.45) is -2.74. The van der Waals surface area contributed by atoms with Gasteiger partial charge in [0.2, 0.25) is 0 Å². The molecule has 0 heterocycles. The number of hydrogen-bond acceptors (Lipinski definition) is 3. The molecule has 0 amide bonds. The number of benzene rings is 1. The number of halogens is 4. The fraction of sp³-hybridized carbons (Fsp3) is 0.222. The van der Waals surface area contributed by atoms with Gasteiger partial charge in [0.05, 0.1) is 15.6 Å². The van der Waals surface area contributed by atoms with Gasteiger partial charge in [0, 0.05) is 5.69 Å². The third-order valence-electron chi connectivity index (χ3n) is 1.61. The van der Waals surface area contributed by atoms with E-state index in [1.54, 1.807) is 0 Å². The zero-order valence-corrected chi connectivity index (χ0v) is 9.36. The first-order chi connectivity index (χ1) is 7.41. The summed E-state index contributed by atoms with van der Waals surface area (Å²) in [6, 6.07) is 2.55. The fourth-order valence-corrected chi connectivity index (χ4v) is 1.39. The van der Waals surface area contributed by atoms with Crippen LogP contribution in [-0.4, -0.2) is 19.0 Å². The van der Waals surface area contributed by atoms with Crippen molar-refractivity contribution in [2.24, 2.45) is 0 Å². The molecule has 0 spiro atoms. The normalized spacial score (nSPS) is 10.6. The van der Waals surface area contributed by atoms with E-state index in [1.165, 1.54) is 12.1 Å². The lowest BCUT2D eigenvalue weighted by Gasteiger charge is -2.07. The van der Waals surface area contributed by atoms with Crippen LogP contribution in [0.4, 0.5) is 14.5 Å². The topological polar surface area (TPSA) is 52.3 Å². The maximum atomic E-state index is 11.8. The van der Waals surface area contributed by atoms with Crippen LogP contribution in [0, 0.1) is 0 Å². The van der Waals surface area contributed by atoms with Crippen LogP contribution in [0.5, 0.6) is 0 Å². The van der Waals surface area contributed by atoms with E-state index in [0.29, 0.717) is 0 Å². The molecule has 2 N–H and O–H groups in total. The van der Waals surface area contributed by atoms with E-state index in [9.17, 15) is 13.6 Å². The number of rotatable bonds is 3. The number of hydrogen-bond donors (Lipinski definition) is 1. The molecule has 0 aromatic heterocycles. The number of anilines is 1. The molecule has 0 fully saturated rings. The van der Waals surface area contributed by atoms with Crippen LogP contribution in [-0.2, 0) is 4.74 Å². The Hall–Kier alpha value is -1.07. The first-order valence-corrected chi connectivity index (χ1v) is 4.87. The van der Waals surface area contributed by atoms with Gasteiger partial charge in [-0.05, 0) is 12.1 Å². The molecule has 0 saturated heterocycles. The second-order valence-electron chi connectivity index (χ2n) is 2.85. The van der Waals surface area contributed by atoms with Gasteiger partial charge in [-0.2, -0.15) is 0 Å². The zero-order valence-electron chi connectivity index (χ0n) is 7.84. The molecule has 0 saturated carbocycles. The molecule has 0 radical (unpaired) electrons. The van der Waals surface area contributed by atoms with Gasteiger partial charge in [-0.3, -0.25) is 0 Å². The predicted octanol–water partition coefficient (Wildman–Crippen LogP) is 3.00. The van der Waals surface area contributed by atoms with E-state index >= 15 is 0 Å². The molecule has 1 aromatic carbocycles. The summed E-state index contributed by atoms with van der Waals surface area (Å²) in [6.45, 7) is -0.998. The van der Waals surface area contributed by atoms with Gasteiger partial charge in [0.1, 0.15) is 0 Å². The fourth-order valence-electron chi connectivity index (χ4n) is 0.975. The van der Waals surface area contributed by atoms with Crippen molar-refractivity contribution in [3.05, 3.63) is 27.7 Å². The Morgan fingerprint density at radius 2 is 2.06 bits per heavy atom. The smallest absolute Gasteiger partial charge is 0.339 e. The minimum atomic E-state index is -2.74. The van der Waals surface area contributed by atoms with Crippen molar-refractivity contribution in [1.29, 1.82) is 0 Å². The number of nitrogen functional groups attached to an aromatic ring is 1. The molecule has 0 aliphatic rings. The molecule has 7 heteroatoms. The Bertz CT molecular complexity index is 413. The Morgan fingerprint density at radius 1 is 1.44 bits per heavy atom. The highest BCUT2D eigenvalue weighted by Crippen LogP contribution is 2.29. The third kappa shape index (κ3) is 3.21. The van der Waals surface area contributed by atoms with Gasteiger partial charge in [-0.15, -0.1) is 0 Å². The van der Waals surface area contributed by atoms with E-state index in [-0.39, 0.29) is 21.3 Å². The lowest BCUT2D eigenvalue weighted by molar-refractivity contribution is 0.0160. The van der Waals surface area contributed by atoms with Crippen molar-refractivity contribution in [3.8, 4) is 0 Å². The molecule has 0 aliphatic carbocycles. The maximum Gasteiger partial charge on any atom is 0.339 e. The second kappa shape index (κ2) is 5.32. The molecule has 0 atom stereocenters. The molecule has 0 unspecified atom stereocenters. The highest BCUT2D eigenvalue weighted by molar-refractivity contribution is 6.44. The standard InChI is InChI=1S/C9H7Cl2F2NO2/c10-6-2-4(14)1-5(8(6)11)9(15)16-3-7(12)13/h1-2,7H,3,14H2. The summed E-state index contributed by atoms with van der Waals surface area (Å²) in [5, 5.41) is -0.0132. The highest BCUT2D eigenvalue weighted by Gasteiger charge is 2.17. The van der Waals surface area contributed by atoms with E-state index < -0.39 is 19.0 Å². The van der Waals surface area contributed by atoms with Gasteiger partial charge < -0.3 is 10.5 Å². The monoisotopic (exact) mass is 269 g/mol. The van der Waals surface area contributed by atoms with Gasteiger partial charge >= 0.3 is 5.97 Å². The lowest BCUT2D eigenvalue weighted by Crippen LogP contribution is -2.12. The van der Waals surface area contributed by atoms with Gasteiger partial charge in [-0.1, -0.05) is 23.2 Å². The summed E-state index contributed by atoms with van der Waals surface area (Å²) < 4.78 is 27.9. The Kier molecular flexibility index (Phi) is 4.32. The number of carbonyl (C=O) groups is 1. The Balaban J connectivity index is 2.91. The molecule has 1 aromatic rings. The summed E-state index contributed by atoms with van der Waals surface area (Å²) in [4.78, 5) is 11.3. The lowest BCUT2D eigenvalue weighted by atomic mass is 10.2. The summed E-state index contributed by atoms with van der Waals surface area (Å²) in [5.74, 6) is -0.987. The van der Waals surface area contributed by atoms with Crippen molar-refractivity contribution in [1.82, 2.24) is 0 Å². The molecule has 3 nitrogen and oxygen atoms in total. The average molecular weight is 270 g/mol. The van der Waals surface area contributed by atoms with Crippen molar-refractivity contribution in [2.75, 3.05) is 12.3 Å². The van der Waals surface area contributed by atoms with Crippen molar-refractivity contribution >= 4 is 34.9 Å². The molecular weight excluding hydrogens is 263 g/mol. The summed E-state index contributed by atoms with van der Waals surface area (Å²) in [5.41, 5.74) is 5.48. The summed E-state index contributed by atoms with van der Waals surface area (Å²) >= 11 is 11.4. The highest BCUT2D eigenvalue weighted by atomic mass is 35.5. The number of ether oxygens (including phenoxy) is 1. The van der Waals surface area contributed by atoms with E-state index in [4.69, 9.17) is 28.9 Å². The van der Waals surface area contributed by atoms with E-state index in [1.807, 2.05) is 0 Å². The van der Waals surface area contributed by atoms with Crippen LogP contribution in [0.1, 0.15) is 10.4 Å². The van der Waals surface area contributed by atoms with E-state index in [0.717, 1.165) is 0 Å². The van der Waals surface area contributed by atoms with Crippen LogP contribution in [0.3, 0.4) is 0 Å². The number of nitrogens with two attached hydrogens (primary N) is 1.